The molecule has 0 saturated heterocycles. The molecule has 0 unspecified atom stereocenters. The summed E-state index contributed by atoms with van der Waals surface area (Å²) in [7, 11) is 0. The molecule has 29 heavy (non-hydrogen) atoms. The van der Waals surface area contributed by atoms with E-state index in [1.165, 1.54) is 10.0 Å². The predicted octanol–water partition coefficient (Wildman–Crippen LogP) is 3.56. The van der Waals surface area contributed by atoms with Gasteiger partial charge in [0.05, 0.1) is 24.2 Å². The Kier molecular flexibility index (Phi) is 7.03. The Morgan fingerprint density at radius 1 is 0.621 bits per heavy atom. The summed E-state index contributed by atoms with van der Waals surface area (Å²) in [5.74, 6) is -0.118. The highest BCUT2D eigenvalue weighted by Crippen LogP contribution is 2.37. The number of rotatable bonds is 1. The highest BCUT2D eigenvalue weighted by atomic mass is 19.0. The van der Waals surface area contributed by atoms with Gasteiger partial charge in [-0.25, -0.2) is 10.0 Å². The van der Waals surface area contributed by atoms with Crippen LogP contribution in [-0.4, -0.2) is 11.8 Å². The standard InChI is InChI=1S/C16H12N2O2.C6H7N.2FH/c19-15-9-11-5-1-3-7-13(11)17(15)18-14-8-4-2-6-12(14)10-16(18)20;1-2-4-6-7-5-3-1;;/h1-8H,9-10H2;1-7H;2*1H. The van der Waals surface area contributed by atoms with Gasteiger partial charge >= 0.3 is 0 Å². The van der Waals surface area contributed by atoms with Crippen molar-refractivity contribution >= 4 is 23.2 Å². The van der Waals surface area contributed by atoms with Crippen LogP contribution in [0.5, 0.6) is 0 Å². The minimum absolute atomic E-state index is 0. The molecule has 5 rings (SSSR count). The topological polar surface area (TPSA) is 52.7 Å². The molecule has 0 fully saturated rings. The van der Waals surface area contributed by atoms with Crippen LogP contribution in [0.15, 0.2) is 85.2 Å². The van der Waals surface area contributed by atoms with Crippen LogP contribution < -0.4 is 15.3 Å². The molecule has 0 bridgehead atoms. The Bertz CT molecular complexity index is 908. The van der Waals surface area contributed by atoms with Crippen molar-refractivity contribution in [3.63, 3.8) is 0 Å². The predicted molar refractivity (Wildman–Crippen MR) is 111 cm³/mol. The lowest BCUT2D eigenvalue weighted by atomic mass is 10.2. The van der Waals surface area contributed by atoms with Gasteiger partial charge in [0, 0.05) is 12.4 Å². The van der Waals surface area contributed by atoms with Crippen molar-refractivity contribution in [3.8, 4) is 0 Å². The second-order valence-corrected chi connectivity index (χ2v) is 6.29. The molecule has 0 saturated carbocycles. The van der Waals surface area contributed by atoms with Gasteiger partial charge in [-0.3, -0.25) is 19.0 Å². The zero-order valence-electron chi connectivity index (χ0n) is 15.5. The molecule has 0 aromatic heterocycles. The van der Waals surface area contributed by atoms with Gasteiger partial charge in [0.15, 0.2) is 0 Å². The van der Waals surface area contributed by atoms with Crippen LogP contribution in [0.1, 0.15) is 11.1 Å². The normalized spacial score (nSPS) is 15.3. The molecule has 3 aliphatic rings. The molecule has 7 heteroatoms. The number of amides is 2. The molecule has 5 nitrogen and oxygen atoms in total. The van der Waals surface area contributed by atoms with E-state index in [-0.39, 0.29) is 21.2 Å². The molecule has 2 amide bonds. The fourth-order valence-corrected chi connectivity index (χ4v) is 3.32. The first-order chi connectivity index (χ1) is 13.3. The molecule has 150 valence electrons. The van der Waals surface area contributed by atoms with E-state index in [1.54, 1.807) is 0 Å². The number of nitrogens with one attached hydrogen (secondary N) is 1. The number of allylic oxidation sites excluding steroid dienone is 4. The molecular weight excluding hydrogens is 376 g/mol. The molecule has 0 atom stereocenters. The Morgan fingerprint density at radius 3 is 1.48 bits per heavy atom. The summed E-state index contributed by atoms with van der Waals surface area (Å²) in [6.45, 7) is 0. The number of hydrogen-bond acceptors (Lipinski definition) is 3. The van der Waals surface area contributed by atoms with Crippen LogP contribution in [0.3, 0.4) is 0 Å². The van der Waals surface area contributed by atoms with E-state index in [9.17, 15) is 9.59 Å². The van der Waals surface area contributed by atoms with E-state index < -0.39 is 0 Å². The van der Waals surface area contributed by atoms with Crippen LogP contribution in [-0.2, 0) is 22.4 Å². The van der Waals surface area contributed by atoms with E-state index in [4.69, 9.17) is 0 Å². The third-order valence-electron chi connectivity index (χ3n) is 4.51. The Labute approximate surface area is 167 Å². The number of anilines is 2. The number of benzene rings is 2. The maximum Gasteiger partial charge on any atom is 0.250 e. The molecular formula is C22H21F2N3O2. The number of carbonyl (C=O) groups is 2. The lowest BCUT2D eigenvalue weighted by Crippen LogP contribution is -2.47. The lowest BCUT2D eigenvalue weighted by Gasteiger charge is -2.28. The van der Waals surface area contributed by atoms with Gasteiger partial charge in [-0.1, -0.05) is 48.6 Å². The number of hydrogen-bond donors (Lipinski definition) is 1. The minimum atomic E-state index is -0.0590. The second-order valence-electron chi connectivity index (χ2n) is 6.29. The fraction of sp³-hybridized carbons (Fsp3) is 0.0909. The lowest BCUT2D eigenvalue weighted by molar-refractivity contribution is -0.122. The third-order valence-corrected chi connectivity index (χ3v) is 4.51. The van der Waals surface area contributed by atoms with Crippen LogP contribution in [0, 0.1) is 0 Å². The first-order valence-corrected chi connectivity index (χ1v) is 8.82. The molecule has 2 aromatic carbocycles. The summed E-state index contributed by atoms with van der Waals surface area (Å²) < 4.78 is 0. The molecule has 3 aliphatic heterocycles. The number of para-hydroxylation sites is 2. The van der Waals surface area contributed by atoms with Crippen LogP contribution in [0.2, 0.25) is 0 Å². The zero-order chi connectivity index (χ0) is 18.6. The van der Waals surface area contributed by atoms with Gasteiger partial charge in [0.2, 0.25) is 0 Å². The summed E-state index contributed by atoms with van der Waals surface area (Å²) in [6.07, 6.45) is 12.3. The molecule has 3 heterocycles. The number of halogens is 2. The van der Waals surface area contributed by atoms with Crippen LogP contribution >= 0.6 is 0 Å². The number of fused-ring (bicyclic) bond motifs is 2. The van der Waals surface area contributed by atoms with E-state index in [0.717, 1.165) is 22.5 Å². The zero-order valence-corrected chi connectivity index (χ0v) is 15.5. The first kappa shape index (κ1) is 21.6. The quantitative estimate of drug-likeness (QED) is 0.801. The van der Waals surface area contributed by atoms with Crippen molar-refractivity contribution in [1.29, 1.82) is 0 Å². The average molecular weight is 397 g/mol. The number of carbonyl (C=O) groups excluding carboxylic acids is 2. The van der Waals surface area contributed by atoms with Crippen molar-refractivity contribution in [2.45, 2.75) is 12.8 Å². The largest absolute Gasteiger partial charge is 0.368 e. The van der Waals surface area contributed by atoms with Crippen molar-refractivity contribution in [2.24, 2.45) is 0 Å². The Balaban J connectivity index is 0.000000287. The highest BCUT2D eigenvalue weighted by Gasteiger charge is 2.39. The molecule has 2 aromatic rings. The fourth-order valence-electron chi connectivity index (χ4n) is 3.32. The summed E-state index contributed by atoms with van der Waals surface area (Å²) >= 11 is 0. The van der Waals surface area contributed by atoms with Crippen LogP contribution in [0.25, 0.3) is 0 Å². The third kappa shape index (κ3) is 4.24. The summed E-state index contributed by atoms with van der Waals surface area (Å²) in [4.78, 5) is 24.6. The second kappa shape index (κ2) is 9.45. The maximum absolute atomic E-state index is 12.3. The Morgan fingerprint density at radius 2 is 1.03 bits per heavy atom. The van der Waals surface area contributed by atoms with Crippen molar-refractivity contribution in [2.75, 3.05) is 10.0 Å². The SMILES string of the molecule is C1=CC=CNC=C1.F.F.O=C1Cc2ccccc2N1N1C(=O)Cc2ccccc21. The molecule has 1 N–H and O–H groups in total. The van der Waals surface area contributed by atoms with Crippen molar-refractivity contribution in [3.05, 3.63) is 96.4 Å². The number of nitrogens with zero attached hydrogens (tertiary/aromatic N) is 2. The maximum atomic E-state index is 12.3. The molecule has 0 spiro atoms. The van der Waals surface area contributed by atoms with E-state index >= 15 is 0 Å². The smallest absolute Gasteiger partial charge is 0.250 e. The molecule has 0 radical (unpaired) electrons. The average Bonchev–Trinajstić information content (AvgIpc) is 3.00. The summed E-state index contributed by atoms with van der Waals surface area (Å²) in [6, 6.07) is 15.2. The van der Waals surface area contributed by atoms with E-state index in [2.05, 4.69) is 5.32 Å². The summed E-state index contributed by atoms with van der Waals surface area (Å²) in [5, 5.41) is 5.96. The Hall–Kier alpha value is -3.74. The first-order valence-electron chi connectivity index (χ1n) is 8.82. The monoisotopic (exact) mass is 397 g/mol. The van der Waals surface area contributed by atoms with Crippen molar-refractivity contribution < 1.29 is 19.0 Å². The van der Waals surface area contributed by atoms with Gasteiger partial charge in [-0.2, -0.15) is 0 Å². The summed E-state index contributed by atoms with van der Waals surface area (Å²) in [5.41, 5.74) is 3.55. The number of hydrazine groups is 1. The van der Waals surface area contributed by atoms with Gasteiger partial charge in [0.25, 0.3) is 11.8 Å². The van der Waals surface area contributed by atoms with Gasteiger partial charge < -0.3 is 5.32 Å². The van der Waals surface area contributed by atoms with Gasteiger partial charge in [-0.15, -0.1) is 0 Å². The van der Waals surface area contributed by atoms with Crippen LogP contribution in [0.4, 0.5) is 20.8 Å². The van der Waals surface area contributed by atoms with E-state index in [1.807, 2.05) is 85.2 Å². The van der Waals surface area contributed by atoms with E-state index in [0.29, 0.717) is 12.8 Å². The van der Waals surface area contributed by atoms with Gasteiger partial charge in [-0.05, 0) is 35.4 Å². The van der Waals surface area contributed by atoms with Crippen molar-refractivity contribution in [1.82, 2.24) is 5.32 Å². The van der Waals surface area contributed by atoms with Gasteiger partial charge in [0.1, 0.15) is 0 Å². The highest BCUT2D eigenvalue weighted by molar-refractivity contribution is 6.13. The minimum Gasteiger partial charge on any atom is -0.368 e. The molecule has 0 aliphatic carbocycles.